The van der Waals surface area contributed by atoms with Crippen LogP contribution in [0, 0.1) is 10.1 Å². The van der Waals surface area contributed by atoms with E-state index in [-0.39, 0.29) is 17.5 Å². The van der Waals surface area contributed by atoms with E-state index in [1.807, 2.05) is 18.9 Å². The first-order valence-corrected chi connectivity index (χ1v) is 6.72. The number of anilines is 1. The number of carbonyl (C=O) groups excluding carboxylic acids is 1. The maximum atomic E-state index is 11.3. The van der Waals surface area contributed by atoms with E-state index < -0.39 is 4.92 Å². The Kier molecular flexibility index (Phi) is 4.84. The van der Waals surface area contributed by atoms with Gasteiger partial charge < -0.3 is 4.90 Å². The molecule has 1 atom stereocenters. The van der Waals surface area contributed by atoms with Crippen LogP contribution in [0.25, 0.3) is 0 Å². The molecular formula is C12H18N2O3S. The van der Waals surface area contributed by atoms with Gasteiger partial charge in [-0.25, -0.2) is 0 Å². The van der Waals surface area contributed by atoms with Gasteiger partial charge in [0, 0.05) is 19.2 Å². The maximum Gasteiger partial charge on any atom is 0.304 e. The molecule has 0 amide bonds. The topological polar surface area (TPSA) is 63.5 Å². The Morgan fingerprint density at radius 2 is 2.22 bits per heavy atom. The molecule has 6 heteroatoms. The van der Waals surface area contributed by atoms with Crippen molar-refractivity contribution < 1.29 is 9.72 Å². The fraction of sp³-hybridized carbons (Fsp3) is 0.583. The maximum absolute atomic E-state index is 11.3. The Balaban J connectivity index is 3.13. The molecule has 18 heavy (non-hydrogen) atoms. The molecule has 0 aliphatic carbocycles. The number of hydrogen-bond acceptors (Lipinski definition) is 5. The summed E-state index contributed by atoms with van der Waals surface area (Å²) in [6.45, 7) is 5.53. The lowest BCUT2D eigenvalue weighted by molar-refractivity contribution is -0.383. The van der Waals surface area contributed by atoms with Gasteiger partial charge in [0.15, 0.2) is 10.8 Å². The molecule has 0 aliphatic rings. The number of ketones is 1. The highest BCUT2D eigenvalue weighted by molar-refractivity contribution is 7.18. The molecule has 0 bridgehead atoms. The Labute approximate surface area is 111 Å². The summed E-state index contributed by atoms with van der Waals surface area (Å²) in [5.41, 5.74) is 0.0238. The van der Waals surface area contributed by atoms with Crippen molar-refractivity contribution in [1.82, 2.24) is 0 Å². The molecule has 0 N–H and O–H groups in total. The van der Waals surface area contributed by atoms with Gasteiger partial charge in [-0.3, -0.25) is 14.9 Å². The highest BCUT2D eigenvalue weighted by Gasteiger charge is 2.25. The lowest BCUT2D eigenvalue weighted by atomic mass is 10.2. The summed E-state index contributed by atoms with van der Waals surface area (Å²) in [7, 11) is 1.84. The minimum absolute atomic E-state index is 0.0238. The van der Waals surface area contributed by atoms with Crippen LogP contribution in [0.5, 0.6) is 0 Å². The van der Waals surface area contributed by atoms with Crippen molar-refractivity contribution in [1.29, 1.82) is 0 Å². The number of carbonyl (C=O) groups is 1. The van der Waals surface area contributed by atoms with Crippen molar-refractivity contribution in [2.24, 2.45) is 0 Å². The summed E-state index contributed by atoms with van der Waals surface area (Å²) in [5, 5.41) is 11.6. The molecule has 0 saturated carbocycles. The summed E-state index contributed by atoms with van der Waals surface area (Å²) in [4.78, 5) is 24.2. The standard InChI is InChI=1S/C12H18N2O3S/c1-5-6-8(2)13(4)12-10(14(16)17)7-11(18-12)9(3)15/h7-8H,5-6H2,1-4H3. The van der Waals surface area contributed by atoms with Crippen molar-refractivity contribution in [3.05, 3.63) is 21.1 Å². The Morgan fingerprint density at radius 3 is 2.67 bits per heavy atom. The van der Waals surface area contributed by atoms with Crippen LogP contribution < -0.4 is 4.90 Å². The molecule has 0 radical (unpaired) electrons. The number of nitro groups is 1. The predicted octanol–water partition coefficient (Wildman–Crippen LogP) is 3.48. The van der Waals surface area contributed by atoms with Gasteiger partial charge in [-0.1, -0.05) is 13.3 Å². The van der Waals surface area contributed by atoms with Crippen molar-refractivity contribution >= 4 is 27.8 Å². The van der Waals surface area contributed by atoms with Crippen molar-refractivity contribution in [3.63, 3.8) is 0 Å². The normalized spacial score (nSPS) is 12.2. The van der Waals surface area contributed by atoms with E-state index in [0.29, 0.717) is 9.88 Å². The molecule has 1 aromatic rings. The molecular weight excluding hydrogens is 252 g/mol. The second-order valence-electron chi connectivity index (χ2n) is 4.36. The molecule has 1 heterocycles. The van der Waals surface area contributed by atoms with E-state index in [1.54, 1.807) is 0 Å². The van der Waals surface area contributed by atoms with E-state index in [2.05, 4.69) is 6.92 Å². The van der Waals surface area contributed by atoms with Gasteiger partial charge in [-0.15, -0.1) is 11.3 Å². The van der Waals surface area contributed by atoms with Crippen LogP contribution in [0.4, 0.5) is 10.7 Å². The average molecular weight is 270 g/mol. The van der Waals surface area contributed by atoms with Gasteiger partial charge in [0.1, 0.15) is 0 Å². The fourth-order valence-corrected chi connectivity index (χ4v) is 2.82. The van der Waals surface area contributed by atoms with Gasteiger partial charge in [0.05, 0.1) is 9.80 Å². The summed E-state index contributed by atoms with van der Waals surface area (Å²) >= 11 is 1.19. The molecule has 0 fully saturated rings. The highest BCUT2D eigenvalue weighted by Crippen LogP contribution is 2.38. The second kappa shape index (κ2) is 5.95. The van der Waals surface area contributed by atoms with Crippen molar-refractivity contribution in [2.75, 3.05) is 11.9 Å². The number of Topliss-reactive ketones (excluding diaryl/α,β-unsaturated/α-hetero) is 1. The third kappa shape index (κ3) is 3.07. The van der Waals surface area contributed by atoms with Gasteiger partial charge in [-0.05, 0) is 20.3 Å². The second-order valence-corrected chi connectivity index (χ2v) is 5.39. The highest BCUT2D eigenvalue weighted by atomic mass is 32.1. The van der Waals surface area contributed by atoms with Crippen molar-refractivity contribution in [3.8, 4) is 0 Å². The van der Waals surface area contributed by atoms with Gasteiger partial charge in [-0.2, -0.15) is 0 Å². The third-order valence-electron chi connectivity index (χ3n) is 2.93. The van der Waals surface area contributed by atoms with Crippen LogP contribution in [0.1, 0.15) is 43.3 Å². The van der Waals surface area contributed by atoms with Gasteiger partial charge in [0.2, 0.25) is 0 Å². The van der Waals surface area contributed by atoms with E-state index in [0.717, 1.165) is 12.8 Å². The van der Waals surface area contributed by atoms with Crippen LogP contribution in [-0.4, -0.2) is 23.8 Å². The molecule has 0 aromatic carbocycles. The van der Waals surface area contributed by atoms with Crippen LogP contribution in [-0.2, 0) is 0 Å². The first-order valence-electron chi connectivity index (χ1n) is 5.90. The summed E-state index contributed by atoms with van der Waals surface area (Å²) in [6.07, 6.45) is 1.98. The van der Waals surface area contributed by atoms with E-state index in [1.165, 1.54) is 24.3 Å². The largest absolute Gasteiger partial charge is 0.358 e. The number of thiophene rings is 1. The lowest BCUT2D eigenvalue weighted by Crippen LogP contribution is -2.28. The molecule has 1 rings (SSSR count). The number of nitrogens with zero attached hydrogens (tertiary/aromatic N) is 2. The molecule has 1 aromatic heterocycles. The molecule has 5 nitrogen and oxygen atoms in total. The molecule has 100 valence electrons. The molecule has 1 unspecified atom stereocenters. The Bertz CT molecular complexity index is 456. The van der Waals surface area contributed by atoms with Gasteiger partial charge in [0.25, 0.3) is 0 Å². The molecule has 0 spiro atoms. The number of rotatable bonds is 6. The van der Waals surface area contributed by atoms with Crippen LogP contribution in [0.3, 0.4) is 0 Å². The predicted molar refractivity (Wildman–Crippen MR) is 73.8 cm³/mol. The Hall–Kier alpha value is -1.43. The lowest BCUT2D eigenvalue weighted by Gasteiger charge is -2.24. The van der Waals surface area contributed by atoms with E-state index in [9.17, 15) is 14.9 Å². The average Bonchev–Trinajstić information content (AvgIpc) is 2.73. The first kappa shape index (κ1) is 14.6. The number of hydrogen-bond donors (Lipinski definition) is 0. The third-order valence-corrected chi connectivity index (χ3v) is 4.24. The minimum atomic E-state index is -0.423. The summed E-state index contributed by atoms with van der Waals surface area (Å²) < 4.78 is 0. The quantitative estimate of drug-likeness (QED) is 0.451. The fourth-order valence-electron chi connectivity index (χ4n) is 1.74. The van der Waals surface area contributed by atoms with E-state index >= 15 is 0 Å². The van der Waals surface area contributed by atoms with Crippen molar-refractivity contribution in [2.45, 2.75) is 39.7 Å². The van der Waals surface area contributed by atoms with Gasteiger partial charge >= 0.3 is 5.69 Å². The summed E-state index contributed by atoms with van der Waals surface area (Å²) in [6, 6.07) is 1.59. The zero-order chi connectivity index (χ0) is 13.9. The Morgan fingerprint density at radius 1 is 1.61 bits per heavy atom. The molecule has 0 saturated heterocycles. The monoisotopic (exact) mass is 270 g/mol. The first-order chi connectivity index (χ1) is 8.38. The SMILES string of the molecule is CCCC(C)N(C)c1sc(C(C)=O)cc1[N+](=O)[O-]. The smallest absolute Gasteiger partial charge is 0.304 e. The van der Waals surface area contributed by atoms with Crippen LogP contribution in [0.2, 0.25) is 0 Å². The minimum Gasteiger partial charge on any atom is -0.358 e. The van der Waals surface area contributed by atoms with Crippen LogP contribution in [0.15, 0.2) is 6.07 Å². The van der Waals surface area contributed by atoms with Crippen LogP contribution >= 0.6 is 11.3 Å². The zero-order valence-corrected chi connectivity index (χ0v) is 11.9. The molecule has 0 aliphatic heterocycles. The van der Waals surface area contributed by atoms with E-state index in [4.69, 9.17) is 0 Å². The zero-order valence-electron chi connectivity index (χ0n) is 11.1. The summed E-state index contributed by atoms with van der Waals surface area (Å²) in [5.74, 6) is -0.133.